The molecule has 0 bridgehead atoms. The molecule has 0 unspecified atom stereocenters. The molecule has 106 valence electrons. The monoisotopic (exact) mass is 299 g/mol. The van der Waals surface area contributed by atoms with Gasteiger partial charge in [0.2, 0.25) is 0 Å². The largest absolute Gasteiger partial charge is 0.478 e. The highest BCUT2D eigenvalue weighted by molar-refractivity contribution is 7.15. The van der Waals surface area contributed by atoms with Gasteiger partial charge in [-0.1, -0.05) is 35.6 Å². The molecule has 3 aromatic rings. The second-order valence-corrected chi connectivity index (χ2v) is 5.44. The average molecular weight is 299 g/mol. The summed E-state index contributed by atoms with van der Waals surface area (Å²) in [6.45, 7) is 0.367. The maximum atomic E-state index is 11.4. The lowest BCUT2D eigenvalue weighted by atomic mass is 10.2. The number of thiophene rings is 1. The van der Waals surface area contributed by atoms with Gasteiger partial charge in [-0.05, 0) is 24.3 Å². The second kappa shape index (κ2) is 5.93. The fourth-order valence-electron chi connectivity index (χ4n) is 1.94. The van der Waals surface area contributed by atoms with E-state index in [1.807, 2.05) is 36.4 Å². The molecule has 0 spiro atoms. The minimum Gasteiger partial charge on any atom is -0.478 e. The third kappa shape index (κ3) is 3.03. The number of benzene rings is 1. The van der Waals surface area contributed by atoms with Crippen molar-refractivity contribution in [1.82, 2.24) is 4.98 Å². The Balaban J connectivity index is 1.71. The molecular formula is C16H13NO3S. The Morgan fingerprint density at radius 3 is 2.86 bits per heavy atom. The number of carbonyl (C=O) groups excluding carboxylic acids is 1. The van der Waals surface area contributed by atoms with Crippen LogP contribution in [0.5, 0.6) is 5.06 Å². The van der Waals surface area contributed by atoms with Crippen LogP contribution in [0.4, 0.5) is 0 Å². The molecule has 0 radical (unpaired) electrons. The number of fused-ring (bicyclic) bond motifs is 1. The van der Waals surface area contributed by atoms with Crippen LogP contribution >= 0.6 is 11.3 Å². The summed E-state index contributed by atoms with van der Waals surface area (Å²) in [5.74, 6) is -0.348. The number of nitrogens with zero attached hydrogens (tertiary/aromatic N) is 1. The van der Waals surface area contributed by atoms with Crippen LogP contribution in [-0.4, -0.2) is 18.1 Å². The molecule has 0 aliphatic heterocycles. The van der Waals surface area contributed by atoms with Crippen LogP contribution in [0.3, 0.4) is 0 Å². The molecule has 0 amide bonds. The molecule has 0 saturated heterocycles. The zero-order valence-corrected chi connectivity index (χ0v) is 12.2. The van der Waals surface area contributed by atoms with Crippen molar-refractivity contribution in [2.24, 2.45) is 0 Å². The summed E-state index contributed by atoms with van der Waals surface area (Å²) in [5, 5.41) is 1.77. The Bertz CT molecular complexity index is 782. The number of hydrogen-bond donors (Lipinski definition) is 0. The molecule has 4 nitrogen and oxygen atoms in total. The highest BCUT2D eigenvalue weighted by atomic mass is 32.1. The number of hydrogen-bond acceptors (Lipinski definition) is 5. The van der Waals surface area contributed by atoms with Crippen LogP contribution in [0, 0.1) is 0 Å². The van der Waals surface area contributed by atoms with Crippen LogP contribution in [0.2, 0.25) is 0 Å². The first-order chi connectivity index (χ1) is 10.3. The third-order valence-electron chi connectivity index (χ3n) is 2.99. The standard InChI is InChI=1S/C16H13NO3S/c1-19-16(18)14-8-9-15(21-14)20-10-12-7-6-11-4-2-3-5-13(11)17-12/h2-9H,10H2,1H3. The number of carbonyl (C=O) groups is 1. The maximum Gasteiger partial charge on any atom is 0.348 e. The number of methoxy groups -OCH3 is 1. The number of ether oxygens (including phenoxy) is 2. The van der Waals surface area contributed by atoms with Crippen molar-refractivity contribution in [3.8, 4) is 5.06 Å². The quantitative estimate of drug-likeness (QED) is 0.690. The van der Waals surface area contributed by atoms with Gasteiger partial charge >= 0.3 is 5.97 Å². The van der Waals surface area contributed by atoms with Gasteiger partial charge in [0.05, 0.1) is 18.3 Å². The van der Waals surface area contributed by atoms with E-state index in [4.69, 9.17) is 4.74 Å². The van der Waals surface area contributed by atoms with E-state index >= 15 is 0 Å². The summed E-state index contributed by atoms with van der Waals surface area (Å²) in [6, 6.07) is 15.4. The first-order valence-corrected chi connectivity index (χ1v) is 7.23. The zero-order chi connectivity index (χ0) is 14.7. The molecule has 0 N–H and O–H groups in total. The van der Waals surface area contributed by atoms with Crippen LogP contribution in [0.25, 0.3) is 10.9 Å². The second-order valence-electron chi connectivity index (χ2n) is 4.39. The molecule has 2 heterocycles. The lowest BCUT2D eigenvalue weighted by molar-refractivity contribution is 0.0606. The van der Waals surface area contributed by atoms with Crippen molar-refractivity contribution in [3.63, 3.8) is 0 Å². The summed E-state index contributed by atoms with van der Waals surface area (Å²) in [7, 11) is 1.36. The van der Waals surface area contributed by atoms with Gasteiger partial charge in [0.15, 0.2) is 5.06 Å². The summed E-state index contributed by atoms with van der Waals surface area (Å²) < 4.78 is 10.3. The van der Waals surface area contributed by atoms with Crippen molar-refractivity contribution in [2.45, 2.75) is 6.61 Å². The number of pyridine rings is 1. The molecule has 3 rings (SSSR count). The molecule has 21 heavy (non-hydrogen) atoms. The first-order valence-electron chi connectivity index (χ1n) is 6.42. The molecule has 2 aromatic heterocycles. The van der Waals surface area contributed by atoms with E-state index in [0.29, 0.717) is 16.5 Å². The molecule has 0 atom stereocenters. The Labute approximate surface area is 126 Å². The van der Waals surface area contributed by atoms with Crippen molar-refractivity contribution in [2.75, 3.05) is 7.11 Å². The van der Waals surface area contributed by atoms with E-state index in [0.717, 1.165) is 16.6 Å². The van der Waals surface area contributed by atoms with E-state index in [-0.39, 0.29) is 5.97 Å². The lowest BCUT2D eigenvalue weighted by Gasteiger charge is -2.04. The number of aromatic nitrogens is 1. The summed E-state index contributed by atoms with van der Waals surface area (Å²) in [6.07, 6.45) is 0. The first kappa shape index (κ1) is 13.6. The van der Waals surface area contributed by atoms with E-state index in [9.17, 15) is 4.79 Å². The molecule has 0 aliphatic carbocycles. The minimum atomic E-state index is -0.348. The van der Waals surface area contributed by atoms with Gasteiger partial charge in [0.25, 0.3) is 0 Å². The van der Waals surface area contributed by atoms with Crippen molar-refractivity contribution in [1.29, 1.82) is 0 Å². The van der Waals surface area contributed by atoms with E-state index in [1.165, 1.54) is 18.4 Å². The maximum absolute atomic E-state index is 11.4. The fourth-order valence-corrected chi connectivity index (χ4v) is 2.72. The number of para-hydroxylation sites is 1. The molecule has 0 aliphatic rings. The Morgan fingerprint density at radius 2 is 2.00 bits per heavy atom. The number of rotatable bonds is 4. The molecule has 0 fully saturated rings. The predicted molar refractivity (Wildman–Crippen MR) is 81.7 cm³/mol. The van der Waals surface area contributed by atoms with Crippen molar-refractivity contribution in [3.05, 3.63) is 59.1 Å². The highest BCUT2D eigenvalue weighted by Crippen LogP contribution is 2.25. The van der Waals surface area contributed by atoms with E-state index in [1.54, 1.807) is 12.1 Å². The van der Waals surface area contributed by atoms with Crippen LogP contribution in [0.15, 0.2) is 48.5 Å². The highest BCUT2D eigenvalue weighted by Gasteiger charge is 2.10. The van der Waals surface area contributed by atoms with Crippen LogP contribution in [-0.2, 0) is 11.3 Å². The van der Waals surface area contributed by atoms with Gasteiger partial charge in [-0.15, -0.1) is 0 Å². The van der Waals surface area contributed by atoms with Gasteiger partial charge in [-0.3, -0.25) is 0 Å². The Hall–Kier alpha value is -2.40. The lowest BCUT2D eigenvalue weighted by Crippen LogP contribution is -1.97. The normalized spacial score (nSPS) is 10.5. The Morgan fingerprint density at radius 1 is 1.14 bits per heavy atom. The van der Waals surface area contributed by atoms with Gasteiger partial charge in [0, 0.05) is 5.39 Å². The molecule has 5 heteroatoms. The van der Waals surface area contributed by atoms with E-state index in [2.05, 4.69) is 9.72 Å². The summed E-state index contributed by atoms with van der Waals surface area (Å²) in [5.41, 5.74) is 1.79. The van der Waals surface area contributed by atoms with E-state index < -0.39 is 0 Å². The minimum absolute atomic E-state index is 0.348. The average Bonchev–Trinajstić information content (AvgIpc) is 3.01. The SMILES string of the molecule is COC(=O)c1ccc(OCc2ccc3ccccc3n2)s1. The van der Waals surface area contributed by atoms with Crippen molar-refractivity contribution >= 4 is 28.2 Å². The Kier molecular flexibility index (Phi) is 3.83. The fraction of sp³-hybridized carbons (Fsp3) is 0.125. The van der Waals surface area contributed by atoms with Gasteiger partial charge in [-0.2, -0.15) is 0 Å². The van der Waals surface area contributed by atoms with Crippen LogP contribution < -0.4 is 4.74 Å². The zero-order valence-electron chi connectivity index (χ0n) is 11.4. The van der Waals surface area contributed by atoms with Crippen molar-refractivity contribution < 1.29 is 14.3 Å². The van der Waals surface area contributed by atoms with Gasteiger partial charge in [-0.25, -0.2) is 9.78 Å². The third-order valence-corrected chi connectivity index (χ3v) is 3.96. The molecular weight excluding hydrogens is 286 g/mol. The smallest absolute Gasteiger partial charge is 0.348 e. The van der Waals surface area contributed by atoms with Gasteiger partial charge < -0.3 is 9.47 Å². The summed E-state index contributed by atoms with van der Waals surface area (Å²) >= 11 is 1.26. The van der Waals surface area contributed by atoms with Gasteiger partial charge in [0.1, 0.15) is 11.5 Å². The number of esters is 1. The molecule has 1 aromatic carbocycles. The summed E-state index contributed by atoms with van der Waals surface area (Å²) in [4.78, 5) is 16.4. The predicted octanol–water partition coefficient (Wildman–Crippen LogP) is 3.66. The molecule has 0 saturated carbocycles. The van der Waals surface area contributed by atoms with Crippen LogP contribution in [0.1, 0.15) is 15.4 Å². The topological polar surface area (TPSA) is 48.4 Å².